The Morgan fingerprint density at radius 2 is 2.62 bits per heavy atom. The fraction of sp³-hybridized carbons (Fsp3) is 0.750. The average Bonchev–Trinajstić information content (AvgIpc) is 2.14. The molecule has 0 aromatic carbocycles. The van der Waals surface area contributed by atoms with Gasteiger partial charge in [-0.2, -0.15) is 0 Å². The van der Waals surface area contributed by atoms with Gasteiger partial charge in [-0.05, 0) is 0 Å². The molecule has 0 aromatic heterocycles. The topological polar surface area (TPSA) is 41.6 Å². The number of nitrogens with zero attached hydrogens (tertiary/aromatic N) is 1. The molecule has 2 amide bonds. The van der Waals surface area contributed by atoms with Crippen molar-refractivity contribution < 1.29 is 9.63 Å². The monoisotopic (exact) mass is 116 g/mol. The first-order valence-electron chi connectivity index (χ1n) is 2.44. The lowest BCUT2D eigenvalue weighted by Gasteiger charge is -2.07. The zero-order valence-electron chi connectivity index (χ0n) is 4.68. The summed E-state index contributed by atoms with van der Waals surface area (Å²) >= 11 is 0. The van der Waals surface area contributed by atoms with Crippen molar-refractivity contribution in [3.8, 4) is 0 Å². The molecule has 0 spiro atoms. The number of urea groups is 1. The molecular weight excluding hydrogens is 108 g/mol. The van der Waals surface area contributed by atoms with E-state index in [1.165, 1.54) is 12.2 Å². The van der Waals surface area contributed by atoms with E-state index in [4.69, 9.17) is 0 Å². The van der Waals surface area contributed by atoms with E-state index in [0.29, 0.717) is 13.1 Å². The molecule has 0 atom stereocenters. The van der Waals surface area contributed by atoms with E-state index in [9.17, 15) is 4.79 Å². The van der Waals surface area contributed by atoms with Crippen LogP contribution in [0.3, 0.4) is 0 Å². The first kappa shape index (κ1) is 5.37. The van der Waals surface area contributed by atoms with Gasteiger partial charge in [-0.25, -0.2) is 9.86 Å². The van der Waals surface area contributed by atoms with Crippen LogP contribution in [-0.4, -0.2) is 31.3 Å². The van der Waals surface area contributed by atoms with E-state index >= 15 is 0 Å². The summed E-state index contributed by atoms with van der Waals surface area (Å²) in [6.07, 6.45) is 0. The van der Waals surface area contributed by atoms with Crippen molar-refractivity contribution in [2.24, 2.45) is 0 Å². The summed E-state index contributed by atoms with van der Waals surface area (Å²) in [5.74, 6) is 0. The standard InChI is InChI=1S/C4H8N2O2/c1-8-6-3-2-5-4(6)7/h2-3H2,1H3,(H,5,7). The molecular formula is C4H8N2O2. The van der Waals surface area contributed by atoms with Crippen molar-refractivity contribution in [1.29, 1.82) is 0 Å². The molecule has 1 aliphatic heterocycles. The SMILES string of the molecule is CON1CCNC1=O. The normalized spacial score (nSPS) is 19.1. The number of rotatable bonds is 1. The first-order chi connectivity index (χ1) is 3.84. The lowest BCUT2D eigenvalue weighted by molar-refractivity contribution is -0.0702. The van der Waals surface area contributed by atoms with Crippen molar-refractivity contribution in [2.75, 3.05) is 20.2 Å². The van der Waals surface area contributed by atoms with Crippen LogP contribution in [-0.2, 0) is 4.84 Å². The van der Waals surface area contributed by atoms with Crippen LogP contribution in [0.5, 0.6) is 0 Å². The average molecular weight is 116 g/mol. The highest BCUT2D eigenvalue weighted by atomic mass is 16.7. The Bertz CT molecular complexity index is 104. The van der Waals surface area contributed by atoms with Crippen LogP contribution in [0.4, 0.5) is 4.79 Å². The van der Waals surface area contributed by atoms with Crippen molar-refractivity contribution in [3.63, 3.8) is 0 Å². The summed E-state index contributed by atoms with van der Waals surface area (Å²) in [5.41, 5.74) is 0. The van der Waals surface area contributed by atoms with Crippen LogP contribution in [0.15, 0.2) is 0 Å². The minimum absolute atomic E-state index is 0.146. The Morgan fingerprint density at radius 1 is 1.88 bits per heavy atom. The van der Waals surface area contributed by atoms with Crippen LogP contribution in [0.25, 0.3) is 0 Å². The lowest BCUT2D eigenvalue weighted by atomic mass is 10.7. The van der Waals surface area contributed by atoms with Crippen LogP contribution >= 0.6 is 0 Å². The second kappa shape index (κ2) is 2.00. The number of carbonyl (C=O) groups excluding carboxylic acids is 1. The maximum absolute atomic E-state index is 10.5. The second-order valence-electron chi connectivity index (χ2n) is 1.52. The third kappa shape index (κ3) is 0.742. The molecule has 1 N–H and O–H groups in total. The summed E-state index contributed by atoms with van der Waals surface area (Å²) in [5, 5.41) is 3.86. The Balaban J connectivity index is 2.42. The lowest BCUT2D eigenvalue weighted by Crippen LogP contribution is -2.26. The molecule has 4 nitrogen and oxygen atoms in total. The summed E-state index contributed by atoms with van der Waals surface area (Å²) in [6.45, 7) is 1.34. The molecule has 46 valence electrons. The summed E-state index contributed by atoms with van der Waals surface area (Å²) in [6, 6.07) is -0.146. The van der Waals surface area contributed by atoms with Gasteiger partial charge in [0.15, 0.2) is 0 Å². The zero-order chi connectivity index (χ0) is 5.98. The van der Waals surface area contributed by atoms with Gasteiger partial charge in [0.1, 0.15) is 0 Å². The Kier molecular flexibility index (Phi) is 1.34. The molecule has 1 rings (SSSR count). The highest BCUT2D eigenvalue weighted by Gasteiger charge is 2.17. The van der Waals surface area contributed by atoms with Crippen LogP contribution in [0, 0.1) is 0 Å². The van der Waals surface area contributed by atoms with E-state index in [0.717, 1.165) is 0 Å². The maximum atomic E-state index is 10.5. The largest absolute Gasteiger partial charge is 0.341 e. The van der Waals surface area contributed by atoms with E-state index < -0.39 is 0 Å². The van der Waals surface area contributed by atoms with Gasteiger partial charge in [-0.3, -0.25) is 4.84 Å². The van der Waals surface area contributed by atoms with Crippen LogP contribution in [0.1, 0.15) is 0 Å². The Hall–Kier alpha value is -0.770. The molecule has 0 unspecified atom stereocenters. The number of amides is 2. The first-order valence-corrected chi connectivity index (χ1v) is 2.44. The zero-order valence-corrected chi connectivity index (χ0v) is 4.68. The second-order valence-corrected chi connectivity index (χ2v) is 1.52. The highest BCUT2D eigenvalue weighted by molar-refractivity contribution is 5.74. The van der Waals surface area contributed by atoms with Gasteiger partial charge >= 0.3 is 6.03 Å². The van der Waals surface area contributed by atoms with Gasteiger partial charge in [0.05, 0.1) is 13.7 Å². The Morgan fingerprint density at radius 3 is 2.88 bits per heavy atom. The van der Waals surface area contributed by atoms with E-state index in [1.807, 2.05) is 0 Å². The molecule has 1 heterocycles. The third-order valence-electron chi connectivity index (χ3n) is 1.04. The van der Waals surface area contributed by atoms with E-state index in [-0.39, 0.29) is 6.03 Å². The maximum Gasteiger partial charge on any atom is 0.341 e. The number of hydrogen-bond donors (Lipinski definition) is 1. The quantitative estimate of drug-likeness (QED) is 0.505. The van der Waals surface area contributed by atoms with Crippen molar-refractivity contribution in [2.45, 2.75) is 0 Å². The molecule has 0 bridgehead atoms. The molecule has 1 aliphatic rings. The van der Waals surface area contributed by atoms with Crippen molar-refractivity contribution in [1.82, 2.24) is 10.4 Å². The molecule has 0 radical (unpaired) electrons. The number of hydroxylamine groups is 2. The van der Waals surface area contributed by atoms with Gasteiger partial charge in [-0.1, -0.05) is 0 Å². The van der Waals surface area contributed by atoms with E-state index in [1.54, 1.807) is 0 Å². The van der Waals surface area contributed by atoms with Gasteiger partial charge in [-0.15, -0.1) is 0 Å². The molecule has 0 aliphatic carbocycles. The van der Waals surface area contributed by atoms with Gasteiger partial charge in [0, 0.05) is 6.54 Å². The van der Waals surface area contributed by atoms with Gasteiger partial charge in [0.25, 0.3) is 0 Å². The molecule has 1 fully saturated rings. The van der Waals surface area contributed by atoms with Crippen molar-refractivity contribution >= 4 is 6.03 Å². The van der Waals surface area contributed by atoms with Crippen LogP contribution in [0.2, 0.25) is 0 Å². The number of carbonyl (C=O) groups is 1. The third-order valence-corrected chi connectivity index (χ3v) is 1.04. The van der Waals surface area contributed by atoms with Gasteiger partial charge < -0.3 is 5.32 Å². The summed E-state index contributed by atoms with van der Waals surface area (Å²) in [7, 11) is 1.48. The predicted octanol–water partition coefficient (Wildman–Crippen LogP) is -0.427. The molecule has 0 saturated carbocycles. The molecule has 8 heavy (non-hydrogen) atoms. The Labute approximate surface area is 47.4 Å². The van der Waals surface area contributed by atoms with Crippen molar-refractivity contribution in [3.05, 3.63) is 0 Å². The molecule has 4 heteroatoms. The summed E-state index contributed by atoms with van der Waals surface area (Å²) in [4.78, 5) is 15.1. The minimum Gasteiger partial charge on any atom is -0.334 e. The molecule has 0 aromatic rings. The predicted molar refractivity (Wildman–Crippen MR) is 27.1 cm³/mol. The van der Waals surface area contributed by atoms with Crippen LogP contribution < -0.4 is 5.32 Å². The molecule has 1 saturated heterocycles. The number of hydrogen-bond acceptors (Lipinski definition) is 2. The minimum atomic E-state index is -0.146. The van der Waals surface area contributed by atoms with E-state index in [2.05, 4.69) is 10.2 Å². The summed E-state index contributed by atoms with van der Waals surface area (Å²) < 4.78 is 0. The number of nitrogens with one attached hydrogen (secondary N) is 1. The fourth-order valence-electron chi connectivity index (χ4n) is 0.628. The smallest absolute Gasteiger partial charge is 0.334 e. The highest BCUT2D eigenvalue weighted by Crippen LogP contribution is 1.93. The fourth-order valence-corrected chi connectivity index (χ4v) is 0.628. The van der Waals surface area contributed by atoms with Gasteiger partial charge in [0.2, 0.25) is 0 Å².